The van der Waals surface area contributed by atoms with Gasteiger partial charge in [0.1, 0.15) is 0 Å². The zero-order valence-corrected chi connectivity index (χ0v) is 16.4. The summed E-state index contributed by atoms with van der Waals surface area (Å²) in [5.74, 6) is 7.94. The standard InChI is InChI=1S/C17H25N5OS2/c1-10-6-4-7-13(11(10)2)19-16(23)12(3)25-17-21-20-15(22(17)18)14-8-5-9-24-14/h5,8-13H,4,6-7,18H2,1-3H3,(H,19,23)/t10-,11-,12+,13-/m1/s1. The Morgan fingerprint density at radius 2 is 2.24 bits per heavy atom. The number of hydrogen-bond acceptors (Lipinski definition) is 6. The normalized spacial score (nSPS) is 24.8. The maximum Gasteiger partial charge on any atom is 0.233 e. The first-order chi connectivity index (χ1) is 12.0. The maximum absolute atomic E-state index is 12.6. The van der Waals surface area contributed by atoms with Gasteiger partial charge in [0.2, 0.25) is 11.1 Å². The highest BCUT2D eigenvalue weighted by atomic mass is 32.2. The van der Waals surface area contributed by atoms with Gasteiger partial charge < -0.3 is 11.2 Å². The molecule has 0 saturated heterocycles. The Morgan fingerprint density at radius 3 is 2.96 bits per heavy atom. The average Bonchev–Trinajstić information content (AvgIpc) is 3.22. The molecule has 1 aliphatic rings. The number of nitrogen functional groups attached to an aromatic ring is 1. The predicted molar refractivity (Wildman–Crippen MR) is 103 cm³/mol. The van der Waals surface area contributed by atoms with Crippen LogP contribution in [0.25, 0.3) is 10.7 Å². The third-order valence-corrected chi connectivity index (χ3v) is 7.01. The largest absolute Gasteiger partial charge is 0.352 e. The van der Waals surface area contributed by atoms with Gasteiger partial charge in [0, 0.05) is 6.04 Å². The van der Waals surface area contributed by atoms with E-state index in [1.165, 1.54) is 29.3 Å². The van der Waals surface area contributed by atoms with E-state index in [-0.39, 0.29) is 17.2 Å². The number of amides is 1. The number of nitrogens with one attached hydrogen (secondary N) is 1. The molecule has 1 fully saturated rings. The summed E-state index contributed by atoms with van der Waals surface area (Å²) in [5.41, 5.74) is 0. The first kappa shape index (κ1) is 18.3. The van der Waals surface area contributed by atoms with Crippen LogP contribution in [0.2, 0.25) is 0 Å². The monoisotopic (exact) mass is 379 g/mol. The van der Waals surface area contributed by atoms with Gasteiger partial charge in [-0.15, -0.1) is 21.5 Å². The number of hydrogen-bond donors (Lipinski definition) is 2. The van der Waals surface area contributed by atoms with Gasteiger partial charge in [0.05, 0.1) is 10.1 Å². The molecule has 25 heavy (non-hydrogen) atoms. The lowest BCUT2D eigenvalue weighted by atomic mass is 9.78. The minimum atomic E-state index is -0.271. The minimum absolute atomic E-state index is 0.0385. The molecule has 1 amide bonds. The average molecular weight is 380 g/mol. The zero-order valence-electron chi connectivity index (χ0n) is 14.8. The number of nitrogens with two attached hydrogens (primary N) is 1. The third-order valence-electron chi connectivity index (χ3n) is 5.09. The summed E-state index contributed by atoms with van der Waals surface area (Å²) >= 11 is 2.90. The molecule has 0 bridgehead atoms. The molecule has 2 aromatic rings. The molecule has 0 unspecified atom stereocenters. The van der Waals surface area contributed by atoms with Crippen LogP contribution in [-0.4, -0.2) is 32.1 Å². The van der Waals surface area contributed by atoms with Crippen LogP contribution in [0.1, 0.15) is 40.0 Å². The van der Waals surface area contributed by atoms with Crippen LogP contribution in [0.5, 0.6) is 0 Å². The molecule has 2 aromatic heterocycles. The van der Waals surface area contributed by atoms with Gasteiger partial charge in [0.15, 0.2) is 5.82 Å². The molecule has 0 spiro atoms. The van der Waals surface area contributed by atoms with E-state index in [0.717, 1.165) is 11.3 Å². The van der Waals surface area contributed by atoms with Gasteiger partial charge in [-0.3, -0.25) is 4.79 Å². The van der Waals surface area contributed by atoms with Crippen LogP contribution in [0.3, 0.4) is 0 Å². The summed E-state index contributed by atoms with van der Waals surface area (Å²) in [4.78, 5) is 13.5. The molecule has 136 valence electrons. The van der Waals surface area contributed by atoms with E-state index in [1.54, 1.807) is 11.3 Å². The second kappa shape index (κ2) is 7.78. The molecule has 6 nitrogen and oxygen atoms in total. The maximum atomic E-state index is 12.6. The second-order valence-electron chi connectivity index (χ2n) is 6.80. The summed E-state index contributed by atoms with van der Waals surface area (Å²) in [6, 6.07) is 4.16. The van der Waals surface area contributed by atoms with Gasteiger partial charge >= 0.3 is 0 Å². The smallest absolute Gasteiger partial charge is 0.233 e. The molecule has 1 aliphatic carbocycles. The van der Waals surface area contributed by atoms with Crippen LogP contribution in [0.15, 0.2) is 22.7 Å². The Bertz CT molecular complexity index is 715. The van der Waals surface area contributed by atoms with Crippen LogP contribution >= 0.6 is 23.1 Å². The topological polar surface area (TPSA) is 85.8 Å². The second-order valence-corrected chi connectivity index (χ2v) is 9.05. The molecule has 2 heterocycles. The van der Waals surface area contributed by atoms with E-state index < -0.39 is 0 Å². The van der Waals surface area contributed by atoms with Gasteiger partial charge in [0.25, 0.3) is 0 Å². The molecule has 3 N–H and O–H groups in total. The van der Waals surface area contributed by atoms with Gasteiger partial charge in [-0.05, 0) is 36.6 Å². The van der Waals surface area contributed by atoms with Crippen molar-refractivity contribution in [1.29, 1.82) is 0 Å². The Labute approximate surface area is 156 Å². The number of carbonyl (C=O) groups is 1. The molecular weight excluding hydrogens is 354 g/mol. The fourth-order valence-corrected chi connectivity index (χ4v) is 4.71. The Balaban J connectivity index is 1.62. The molecule has 0 aromatic carbocycles. The summed E-state index contributed by atoms with van der Waals surface area (Å²) < 4.78 is 1.46. The fraction of sp³-hybridized carbons (Fsp3) is 0.588. The molecule has 4 atom stereocenters. The Kier molecular flexibility index (Phi) is 5.68. The van der Waals surface area contributed by atoms with Gasteiger partial charge in [-0.25, -0.2) is 4.68 Å². The van der Waals surface area contributed by atoms with E-state index in [9.17, 15) is 4.79 Å². The summed E-state index contributed by atoms with van der Waals surface area (Å²) in [6.45, 7) is 6.39. The molecule has 0 radical (unpaired) electrons. The van der Waals surface area contributed by atoms with Crippen molar-refractivity contribution in [3.63, 3.8) is 0 Å². The van der Waals surface area contributed by atoms with E-state index in [2.05, 4.69) is 29.4 Å². The molecule has 1 saturated carbocycles. The van der Waals surface area contributed by atoms with Gasteiger partial charge in [-0.1, -0.05) is 44.5 Å². The van der Waals surface area contributed by atoms with E-state index in [0.29, 0.717) is 22.8 Å². The van der Waals surface area contributed by atoms with Crippen molar-refractivity contribution >= 4 is 29.0 Å². The lowest BCUT2D eigenvalue weighted by molar-refractivity contribution is -0.121. The van der Waals surface area contributed by atoms with E-state index >= 15 is 0 Å². The summed E-state index contributed by atoms with van der Waals surface area (Å²) in [7, 11) is 0. The van der Waals surface area contributed by atoms with Crippen molar-refractivity contribution in [3.05, 3.63) is 17.5 Å². The highest BCUT2D eigenvalue weighted by Gasteiger charge is 2.30. The third kappa shape index (κ3) is 4.00. The van der Waals surface area contributed by atoms with Crippen molar-refractivity contribution in [3.8, 4) is 10.7 Å². The minimum Gasteiger partial charge on any atom is -0.352 e. The number of nitrogens with zero attached hydrogens (tertiary/aromatic N) is 3. The van der Waals surface area contributed by atoms with Crippen molar-refractivity contribution in [1.82, 2.24) is 20.2 Å². The molecular formula is C17H25N5OS2. The molecule has 3 rings (SSSR count). The lowest BCUT2D eigenvalue weighted by Crippen LogP contribution is -2.46. The first-order valence-corrected chi connectivity index (χ1v) is 10.4. The lowest BCUT2D eigenvalue weighted by Gasteiger charge is -2.35. The van der Waals surface area contributed by atoms with Crippen LogP contribution < -0.4 is 11.2 Å². The predicted octanol–water partition coefficient (Wildman–Crippen LogP) is 3.14. The number of aromatic nitrogens is 3. The van der Waals surface area contributed by atoms with Crippen LogP contribution in [0, 0.1) is 11.8 Å². The fourth-order valence-electron chi connectivity index (χ4n) is 3.23. The summed E-state index contributed by atoms with van der Waals surface area (Å²) in [5, 5.41) is 13.8. The van der Waals surface area contributed by atoms with Gasteiger partial charge in [-0.2, -0.15) is 0 Å². The zero-order chi connectivity index (χ0) is 18.0. The highest BCUT2D eigenvalue weighted by molar-refractivity contribution is 8.00. The van der Waals surface area contributed by atoms with E-state index in [1.807, 2.05) is 24.4 Å². The van der Waals surface area contributed by atoms with Crippen LogP contribution in [-0.2, 0) is 4.79 Å². The molecule has 0 aliphatic heterocycles. The van der Waals surface area contributed by atoms with Crippen molar-refractivity contribution in [2.45, 2.75) is 56.5 Å². The Morgan fingerprint density at radius 1 is 1.44 bits per heavy atom. The number of thiophene rings is 1. The number of rotatable bonds is 5. The van der Waals surface area contributed by atoms with Crippen LogP contribution in [0.4, 0.5) is 0 Å². The van der Waals surface area contributed by atoms with Crippen molar-refractivity contribution in [2.75, 3.05) is 5.84 Å². The quantitative estimate of drug-likeness (QED) is 0.616. The Hall–Kier alpha value is -1.54. The highest BCUT2D eigenvalue weighted by Crippen LogP contribution is 2.31. The van der Waals surface area contributed by atoms with Crippen molar-refractivity contribution < 1.29 is 4.79 Å². The SMILES string of the molecule is C[C@@H]1[C@H](C)CCC[C@H]1NC(=O)[C@H](C)Sc1nnc(-c2cccs2)n1N. The van der Waals surface area contributed by atoms with Crippen molar-refractivity contribution in [2.24, 2.45) is 11.8 Å². The number of thioether (sulfide) groups is 1. The molecule has 8 heteroatoms. The summed E-state index contributed by atoms with van der Waals surface area (Å²) in [6.07, 6.45) is 3.49. The van der Waals surface area contributed by atoms with E-state index in [4.69, 9.17) is 5.84 Å². The number of carbonyl (C=O) groups excluding carboxylic acids is 1. The first-order valence-electron chi connectivity index (χ1n) is 8.68.